The fourth-order valence-electron chi connectivity index (χ4n) is 2.01. The molecule has 0 aromatic heterocycles. The van der Waals surface area contributed by atoms with Gasteiger partial charge in [0.2, 0.25) is 0 Å². The van der Waals surface area contributed by atoms with Gasteiger partial charge in [-0.05, 0) is 0 Å². The van der Waals surface area contributed by atoms with Crippen molar-refractivity contribution in [3.05, 3.63) is 0 Å². The van der Waals surface area contributed by atoms with Crippen LogP contribution in [0.1, 0.15) is 83.1 Å². The average Bonchev–Trinajstić information content (AvgIpc) is 2.24. The Morgan fingerprint density at radius 2 is 0.609 bits per heavy atom. The molecule has 0 saturated heterocycles. The molecule has 0 aliphatic rings. The standard InChI is InChI=1S/2C8H19OP.2ClH.Pd/c2*1-7(2,3)10(9)8(4,5)6;;;/h2*9H,1-6H3;2*1H;/q;;;;+2/p-2. The Kier molecular flexibility index (Phi) is 15.1. The fraction of sp³-hybridized carbons (Fsp3) is 1.00. The first kappa shape index (κ1) is 29.8. The molecule has 148 valence electrons. The van der Waals surface area contributed by atoms with Crippen LogP contribution in [0.4, 0.5) is 0 Å². The summed E-state index contributed by atoms with van der Waals surface area (Å²) in [6.07, 6.45) is 0. The van der Waals surface area contributed by atoms with E-state index in [1.54, 1.807) is 0 Å². The third-order valence-corrected chi connectivity index (χ3v) is 7.62. The normalized spacial score (nSPS) is 13.5. The van der Waals surface area contributed by atoms with Crippen molar-refractivity contribution in [1.29, 1.82) is 0 Å². The molecule has 0 saturated carbocycles. The molecule has 0 aliphatic carbocycles. The van der Waals surface area contributed by atoms with Gasteiger partial charge >= 0.3 is 35.0 Å². The molecule has 0 rings (SSSR count). The molecule has 0 aliphatic heterocycles. The Labute approximate surface area is 164 Å². The Morgan fingerprint density at radius 1 is 0.522 bits per heavy atom. The molecule has 0 fully saturated rings. The van der Waals surface area contributed by atoms with E-state index < -0.39 is 16.3 Å². The van der Waals surface area contributed by atoms with Crippen LogP contribution >= 0.6 is 35.4 Å². The summed E-state index contributed by atoms with van der Waals surface area (Å²) in [4.78, 5) is 19.6. The van der Waals surface area contributed by atoms with Gasteiger partial charge in [-0.1, -0.05) is 83.1 Å². The molecule has 23 heavy (non-hydrogen) atoms. The van der Waals surface area contributed by atoms with Crippen LogP contribution in [0.5, 0.6) is 0 Å². The van der Waals surface area contributed by atoms with E-state index in [-0.39, 0.29) is 36.6 Å². The summed E-state index contributed by atoms with van der Waals surface area (Å²) < 4.78 is 0. The molecule has 0 aromatic rings. The molecular formula is C16H38Cl2O2P2Pd. The average molecular weight is 502 g/mol. The summed E-state index contributed by atoms with van der Waals surface area (Å²) in [5.74, 6) is 0. The van der Waals surface area contributed by atoms with Crippen molar-refractivity contribution in [3.8, 4) is 0 Å². The van der Waals surface area contributed by atoms with Crippen LogP contribution in [-0.4, -0.2) is 30.4 Å². The maximum atomic E-state index is 9.79. The van der Waals surface area contributed by atoms with Gasteiger partial charge < -0.3 is 9.79 Å². The number of halogens is 2. The van der Waals surface area contributed by atoms with Gasteiger partial charge in [-0.2, -0.15) is 0 Å². The van der Waals surface area contributed by atoms with Crippen LogP contribution in [0.15, 0.2) is 0 Å². The molecule has 7 heteroatoms. The molecule has 0 unspecified atom stereocenters. The Bertz CT molecular complexity index is 245. The molecule has 0 radical (unpaired) electrons. The predicted molar refractivity (Wildman–Crippen MR) is 109 cm³/mol. The van der Waals surface area contributed by atoms with Gasteiger partial charge in [-0.3, -0.25) is 0 Å². The summed E-state index contributed by atoms with van der Waals surface area (Å²) in [7, 11) is 7.90. The number of hydrogen-bond donors (Lipinski definition) is 2. The van der Waals surface area contributed by atoms with Gasteiger partial charge in [0.25, 0.3) is 0 Å². The molecule has 0 bridgehead atoms. The number of hydrogen-bond acceptors (Lipinski definition) is 2. The van der Waals surface area contributed by atoms with Crippen molar-refractivity contribution in [1.82, 2.24) is 0 Å². The molecule has 2 N–H and O–H groups in total. The van der Waals surface area contributed by atoms with Crippen molar-refractivity contribution in [2.45, 2.75) is 104 Å². The van der Waals surface area contributed by atoms with Crippen LogP contribution in [0.25, 0.3) is 0 Å². The zero-order valence-electron chi connectivity index (χ0n) is 16.9. The SMILES string of the molecule is CC(C)(C)P(O)C(C)(C)C.CC(C)(C)P(O)C(C)(C)C.[Cl][Pd][Cl]. The molecule has 0 amide bonds. The first-order chi connectivity index (χ1) is 9.72. The van der Waals surface area contributed by atoms with Gasteiger partial charge in [-0.15, -0.1) is 0 Å². The van der Waals surface area contributed by atoms with E-state index in [0.717, 1.165) is 0 Å². The van der Waals surface area contributed by atoms with Gasteiger partial charge in [0.05, 0.1) is 0 Å². The summed E-state index contributed by atoms with van der Waals surface area (Å²) in [5.41, 5.74) is 0. The summed E-state index contributed by atoms with van der Waals surface area (Å²) >= 11 is -0.106. The predicted octanol–water partition coefficient (Wildman–Crippen LogP) is 7.32. The molecule has 2 nitrogen and oxygen atoms in total. The van der Waals surface area contributed by atoms with E-state index >= 15 is 0 Å². The van der Waals surface area contributed by atoms with Crippen molar-refractivity contribution in [2.75, 3.05) is 0 Å². The van der Waals surface area contributed by atoms with Crippen molar-refractivity contribution < 1.29 is 25.7 Å². The van der Waals surface area contributed by atoms with E-state index in [2.05, 4.69) is 83.1 Å². The van der Waals surface area contributed by atoms with E-state index in [4.69, 9.17) is 19.1 Å². The first-order valence-electron chi connectivity index (χ1n) is 7.53. The zero-order valence-corrected chi connectivity index (χ0v) is 21.7. The third-order valence-electron chi connectivity index (χ3n) is 2.54. The van der Waals surface area contributed by atoms with E-state index in [9.17, 15) is 9.79 Å². The van der Waals surface area contributed by atoms with Gasteiger partial charge in [0, 0.05) is 36.9 Å². The number of rotatable bonds is 0. The van der Waals surface area contributed by atoms with Gasteiger partial charge in [0.15, 0.2) is 0 Å². The van der Waals surface area contributed by atoms with E-state index in [0.29, 0.717) is 0 Å². The summed E-state index contributed by atoms with van der Waals surface area (Å²) in [6, 6.07) is 0. The minimum absolute atomic E-state index is 0.0631. The molecular weight excluding hydrogens is 463 g/mol. The van der Waals surface area contributed by atoms with Crippen molar-refractivity contribution in [3.63, 3.8) is 0 Å². The minimum atomic E-state index is -0.863. The second kappa shape index (κ2) is 11.7. The summed E-state index contributed by atoms with van der Waals surface area (Å²) in [6.45, 7) is 25.0. The van der Waals surface area contributed by atoms with Crippen LogP contribution < -0.4 is 0 Å². The Morgan fingerprint density at radius 3 is 0.609 bits per heavy atom. The first-order valence-corrected chi connectivity index (χ1v) is 14.1. The molecule has 0 spiro atoms. The third kappa shape index (κ3) is 17.2. The zero-order chi connectivity index (χ0) is 19.9. The molecule has 0 heterocycles. The second-order valence-electron chi connectivity index (χ2n) is 9.35. The van der Waals surface area contributed by atoms with Crippen molar-refractivity contribution in [2.24, 2.45) is 0 Å². The quantitative estimate of drug-likeness (QED) is 0.270. The molecule has 0 atom stereocenters. The Hall–Kier alpha value is 2.02. The van der Waals surface area contributed by atoms with Crippen LogP contribution in [-0.2, 0) is 15.9 Å². The van der Waals surface area contributed by atoms with Crippen LogP contribution in [0.2, 0.25) is 0 Å². The van der Waals surface area contributed by atoms with Gasteiger partial charge in [0.1, 0.15) is 0 Å². The second-order valence-corrected chi connectivity index (χ2v) is 18.3. The fourth-order valence-corrected chi connectivity index (χ4v) is 6.04. The Balaban J connectivity index is -0.000000297. The molecule has 0 aromatic carbocycles. The monoisotopic (exact) mass is 500 g/mol. The topological polar surface area (TPSA) is 40.5 Å². The van der Waals surface area contributed by atoms with E-state index in [1.165, 1.54) is 0 Å². The van der Waals surface area contributed by atoms with Crippen LogP contribution in [0, 0.1) is 0 Å². The van der Waals surface area contributed by atoms with Crippen LogP contribution in [0.3, 0.4) is 0 Å². The summed E-state index contributed by atoms with van der Waals surface area (Å²) in [5, 5.41) is 0.252. The van der Waals surface area contributed by atoms with Crippen molar-refractivity contribution >= 4 is 35.4 Å². The van der Waals surface area contributed by atoms with E-state index in [1.807, 2.05) is 0 Å². The van der Waals surface area contributed by atoms with Gasteiger partial charge in [-0.25, -0.2) is 0 Å². The maximum absolute atomic E-state index is 9.79.